The second kappa shape index (κ2) is 8.31. The first-order chi connectivity index (χ1) is 13.0. The van der Waals surface area contributed by atoms with Gasteiger partial charge >= 0.3 is 0 Å². The van der Waals surface area contributed by atoms with Crippen LogP contribution in [0.2, 0.25) is 0 Å². The van der Waals surface area contributed by atoms with E-state index in [9.17, 15) is 4.79 Å². The Morgan fingerprint density at radius 2 is 1.96 bits per heavy atom. The zero-order valence-electron chi connectivity index (χ0n) is 15.7. The highest BCUT2D eigenvalue weighted by Crippen LogP contribution is 2.13. The monoisotopic (exact) mass is 365 g/mol. The summed E-state index contributed by atoms with van der Waals surface area (Å²) in [6, 6.07) is 13.1. The maximum Gasteiger partial charge on any atom is 0.251 e. The number of nitrogens with one attached hydrogen (secondary N) is 2. The van der Waals surface area contributed by atoms with Crippen LogP contribution in [0.1, 0.15) is 16.1 Å². The summed E-state index contributed by atoms with van der Waals surface area (Å²) in [5, 5.41) is 18.6. The third-order valence-electron chi connectivity index (χ3n) is 3.95. The summed E-state index contributed by atoms with van der Waals surface area (Å²) in [7, 11) is 3.89. The largest absolute Gasteiger partial charge is 0.378 e. The SMILES string of the molecule is Cc1ccn(-c2ccc(NCCNC(=O)c3cccc(N(C)C)c3)nn2)n1. The quantitative estimate of drug-likeness (QED) is 0.622. The smallest absolute Gasteiger partial charge is 0.251 e. The van der Waals surface area contributed by atoms with Crippen LogP contribution < -0.4 is 15.5 Å². The zero-order chi connectivity index (χ0) is 19.2. The minimum Gasteiger partial charge on any atom is -0.378 e. The topological polar surface area (TPSA) is 88.0 Å². The van der Waals surface area contributed by atoms with E-state index in [0.717, 1.165) is 11.4 Å². The Kier molecular flexibility index (Phi) is 5.65. The first-order valence-electron chi connectivity index (χ1n) is 8.69. The average molecular weight is 365 g/mol. The number of carbonyl (C=O) groups excluding carboxylic acids is 1. The first-order valence-corrected chi connectivity index (χ1v) is 8.69. The molecule has 3 rings (SSSR count). The summed E-state index contributed by atoms with van der Waals surface area (Å²) in [5.74, 6) is 1.20. The normalized spacial score (nSPS) is 10.5. The predicted molar refractivity (Wildman–Crippen MR) is 105 cm³/mol. The Bertz CT molecular complexity index is 902. The third-order valence-corrected chi connectivity index (χ3v) is 3.95. The fourth-order valence-electron chi connectivity index (χ4n) is 2.48. The number of anilines is 2. The van der Waals surface area contributed by atoms with E-state index in [4.69, 9.17) is 0 Å². The van der Waals surface area contributed by atoms with Crippen LogP contribution in [0.3, 0.4) is 0 Å². The Morgan fingerprint density at radius 1 is 1.11 bits per heavy atom. The molecule has 0 saturated carbocycles. The highest BCUT2D eigenvalue weighted by Gasteiger charge is 2.06. The van der Waals surface area contributed by atoms with Crippen molar-refractivity contribution in [3.05, 3.63) is 59.9 Å². The molecule has 140 valence electrons. The summed E-state index contributed by atoms with van der Waals surface area (Å²) in [6.07, 6.45) is 1.84. The predicted octanol–water partition coefficient (Wildman–Crippen LogP) is 1.88. The van der Waals surface area contributed by atoms with Crippen molar-refractivity contribution in [3.8, 4) is 5.82 Å². The highest BCUT2D eigenvalue weighted by molar-refractivity contribution is 5.95. The molecule has 0 unspecified atom stereocenters. The van der Waals surface area contributed by atoms with Gasteiger partial charge in [-0.05, 0) is 43.3 Å². The molecule has 1 aromatic carbocycles. The third kappa shape index (κ3) is 4.81. The number of carbonyl (C=O) groups is 1. The van der Waals surface area contributed by atoms with Gasteiger partial charge in [-0.25, -0.2) is 4.68 Å². The van der Waals surface area contributed by atoms with Crippen molar-refractivity contribution in [2.45, 2.75) is 6.92 Å². The van der Waals surface area contributed by atoms with Crippen molar-refractivity contribution in [3.63, 3.8) is 0 Å². The zero-order valence-corrected chi connectivity index (χ0v) is 15.7. The molecule has 3 aromatic rings. The van der Waals surface area contributed by atoms with Gasteiger partial charge < -0.3 is 15.5 Å². The molecule has 0 bridgehead atoms. The van der Waals surface area contributed by atoms with Crippen LogP contribution in [0.25, 0.3) is 5.82 Å². The van der Waals surface area contributed by atoms with E-state index in [2.05, 4.69) is 25.9 Å². The van der Waals surface area contributed by atoms with Crippen molar-refractivity contribution in [2.24, 2.45) is 0 Å². The molecule has 0 fully saturated rings. The van der Waals surface area contributed by atoms with Gasteiger partial charge in [0.25, 0.3) is 5.91 Å². The van der Waals surface area contributed by atoms with E-state index < -0.39 is 0 Å². The number of aromatic nitrogens is 4. The van der Waals surface area contributed by atoms with Crippen molar-refractivity contribution in [1.29, 1.82) is 0 Å². The average Bonchev–Trinajstić information content (AvgIpc) is 3.12. The molecule has 2 N–H and O–H groups in total. The van der Waals surface area contributed by atoms with Gasteiger partial charge in [0.2, 0.25) is 0 Å². The number of hydrogen-bond donors (Lipinski definition) is 2. The van der Waals surface area contributed by atoms with Crippen molar-refractivity contribution >= 4 is 17.4 Å². The number of hydrogen-bond acceptors (Lipinski definition) is 6. The molecule has 8 heteroatoms. The molecule has 0 spiro atoms. The molecular weight excluding hydrogens is 342 g/mol. The number of aryl methyl sites for hydroxylation is 1. The van der Waals surface area contributed by atoms with Crippen LogP contribution in [0.5, 0.6) is 0 Å². The van der Waals surface area contributed by atoms with E-state index >= 15 is 0 Å². The lowest BCUT2D eigenvalue weighted by molar-refractivity contribution is 0.0955. The molecule has 0 aliphatic heterocycles. The fraction of sp³-hybridized carbons (Fsp3) is 0.263. The lowest BCUT2D eigenvalue weighted by Crippen LogP contribution is -2.29. The van der Waals surface area contributed by atoms with Gasteiger partial charge in [-0.1, -0.05) is 6.07 Å². The van der Waals surface area contributed by atoms with E-state index in [1.54, 1.807) is 10.7 Å². The lowest BCUT2D eigenvalue weighted by Gasteiger charge is -2.13. The molecule has 2 aromatic heterocycles. The van der Waals surface area contributed by atoms with Crippen LogP contribution in [-0.2, 0) is 0 Å². The van der Waals surface area contributed by atoms with E-state index in [1.165, 1.54) is 0 Å². The van der Waals surface area contributed by atoms with Gasteiger partial charge in [0, 0.05) is 44.6 Å². The van der Waals surface area contributed by atoms with E-state index in [0.29, 0.717) is 30.3 Å². The second-order valence-electron chi connectivity index (χ2n) is 6.31. The second-order valence-corrected chi connectivity index (χ2v) is 6.31. The molecular formula is C19H23N7O. The van der Waals surface area contributed by atoms with E-state index in [1.807, 2.05) is 68.5 Å². The van der Waals surface area contributed by atoms with Crippen LogP contribution >= 0.6 is 0 Å². The molecule has 0 atom stereocenters. The molecule has 0 radical (unpaired) electrons. The van der Waals surface area contributed by atoms with Crippen molar-refractivity contribution < 1.29 is 4.79 Å². The number of nitrogens with zero attached hydrogens (tertiary/aromatic N) is 5. The Morgan fingerprint density at radius 3 is 2.63 bits per heavy atom. The molecule has 0 aliphatic rings. The fourth-order valence-corrected chi connectivity index (χ4v) is 2.48. The summed E-state index contributed by atoms with van der Waals surface area (Å²) in [5.41, 5.74) is 2.55. The minimum atomic E-state index is -0.101. The number of benzene rings is 1. The molecule has 2 heterocycles. The molecule has 27 heavy (non-hydrogen) atoms. The standard InChI is InChI=1S/C19H23N7O/c1-14-9-12-26(24-14)18-8-7-17(22-23-18)20-10-11-21-19(27)15-5-4-6-16(13-15)25(2)3/h4-9,12-13H,10-11H2,1-3H3,(H,20,22)(H,21,27). The molecule has 1 amide bonds. The maximum atomic E-state index is 12.2. The lowest BCUT2D eigenvalue weighted by atomic mass is 10.2. The van der Waals surface area contributed by atoms with Crippen LogP contribution in [0.15, 0.2) is 48.7 Å². The highest BCUT2D eigenvalue weighted by atomic mass is 16.1. The van der Waals surface area contributed by atoms with Crippen LogP contribution in [0, 0.1) is 6.92 Å². The first kappa shape index (κ1) is 18.4. The summed E-state index contributed by atoms with van der Waals surface area (Å²) in [4.78, 5) is 14.2. The maximum absolute atomic E-state index is 12.2. The van der Waals surface area contributed by atoms with E-state index in [-0.39, 0.29) is 5.91 Å². The number of rotatable bonds is 7. The van der Waals surface area contributed by atoms with Crippen molar-refractivity contribution in [1.82, 2.24) is 25.3 Å². The number of amides is 1. The molecule has 0 saturated heterocycles. The van der Waals surface area contributed by atoms with Gasteiger partial charge in [0.1, 0.15) is 5.82 Å². The van der Waals surface area contributed by atoms with Crippen LogP contribution in [0.4, 0.5) is 11.5 Å². The van der Waals surface area contributed by atoms with Crippen molar-refractivity contribution in [2.75, 3.05) is 37.4 Å². The van der Waals surface area contributed by atoms with Gasteiger partial charge in [-0.2, -0.15) is 5.10 Å². The molecule has 0 aliphatic carbocycles. The Hall–Kier alpha value is -3.42. The minimum absolute atomic E-state index is 0.101. The summed E-state index contributed by atoms with van der Waals surface area (Å²) in [6.45, 7) is 2.95. The van der Waals surface area contributed by atoms with Gasteiger partial charge in [-0.3, -0.25) is 4.79 Å². The summed E-state index contributed by atoms with van der Waals surface area (Å²) >= 11 is 0. The Balaban J connectivity index is 1.47. The van der Waals surface area contributed by atoms with Gasteiger partial charge in [-0.15, -0.1) is 10.2 Å². The molecule has 8 nitrogen and oxygen atoms in total. The van der Waals surface area contributed by atoms with Crippen LogP contribution in [-0.4, -0.2) is 53.1 Å². The summed E-state index contributed by atoms with van der Waals surface area (Å²) < 4.78 is 1.67. The van der Waals surface area contributed by atoms with Gasteiger partial charge in [0.15, 0.2) is 5.82 Å². The van der Waals surface area contributed by atoms with Gasteiger partial charge in [0.05, 0.1) is 5.69 Å². The Labute approximate surface area is 158 Å².